The minimum atomic E-state index is -4.51. The lowest BCUT2D eigenvalue weighted by Crippen LogP contribution is -2.26. The summed E-state index contributed by atoms with van der Waals surface area (Å²) < 4.78 is 74.3. The number of nitrogens with one attached hydrogen (secondary N) is 1. The highest BCUT2D eigenvalue weighted by atomic mass is 19.4. The number of halogens is 5. The van der Waals surface area contributed by atoms with Crippen LogP contribution in [0, 0.1) is 0 Å². The molecule has 0 saturated heterocycles. The Kier molecular flexibility index (Phi) is 7.92. The second-order valence-electron chi connectivity index (χ2n) is 7.78. The van der Waals surface area contributed by atoms with E-state index in [0.717, 1.165) is 11.6 Å². The van der Waals surface area contributed by atoms with Crippen LogP contribution in [0.2, 0.25) is 0 Å². The van der Waals surface area contributed by atoms with Gasteiger partial charge in [0.15, 0.2) is 17.3 Å². The molecule has 0 aliphatic rings. The van der Waals surface area contributed by atoms with Gasteiger partial charge in [-0.05, 0) is 42.2 Å². The molecule has 3 rings (SSSR count). The molecule has 0 bridgehead atoms. The van der Waals surface area contributed by atoms with Crippen LogP contribution in [-0.4, -0.2) is 40.9 Å². The highest BCUT2D eigenvalue weighted by Crippen LogP contribution is 2.30. The van der Waals surface area contributed by atoms with Gasteiger partial charge >= 0.3 is 12.8 Å². The summed E-state index contributed by atoms with van der Waals surface area (Å²) in [7, 11) is 1.33. The molecule has 0 saturated carbocycles. The maximum Gasteiger partial charge on any atom is 0.417 e. The molecule has 0 unspecified atom stereocenters. The van der Waals surface area contributed by atoms with Crippen molar-refractivity contribution in [3.63, 3.8) is 0 Å². The van der Waals surface area contributed by atoms with Crippen LogP contribution >= 0.6 is 0 Å². The number of hydrogen-bond donors (Lipinski definition) is 1. The Hall–Kier alpha value is -3.70. The molecule has 0 atom stereocenters. The van der Waals surface area contributed by atoms with Crippen molar-refractivity contribution in [3.8, 4) is 17.3 Å². The van der Waals surface area contributed by atoms with E-state index in [1.165, 1.54) is 36.2 Å². The highest BCUT2D eigenvalue weighted by molar-refractivity contribution is 5.95. The zero-order valence-corrected chi connectivity index (χ0v) is 19.1. The van der Waals surface area contributed by atoms with Crippen LogP contribution in [0.1, 0.15) is 46.9 Å². The number of pyridine rings is 1. The van der Waals surface area contributed by atoms with Crippen LogP contribution in [0.5, 0.6) is 11.5 Å². The van der Waals surface area contributed by atoms with Gasteiger partial charge in [-0.15, -0.1) is 0 Å². The molecular formula is C23H23F5N4O3. The standard InChI is InChI=1S/C23H23F5N4O3/c1-13(2)20-16(12-31-32(20)19-7-5-15(11-30-19)23(26,27)28)21(33)29-9-8-14-4-6-17(35-22(24)25)18(10-14)34-3/h4-7,10-13,22H,8-9H2,1-3H3,(H,29,33). The van der Waals surface area contributed by atoms with Crippen LogP contribution in [0.25, 0.3) is 5.82 Å². The zero-order chi connectivity index (χ0) is 25.8. The average Bonchev–Trinajstić information content (AvgIpc) is 3.25. The number of aromatic nitrogens is 3. The van der Waals surface area contributed by atoms with Crippen LogP contribution in [0.4, 0.5) is 22.0 Å². The molecule has 1 amide bonds. The third-order valence-corrected chi connectivity index (χ3v) is 5.03. The number of carbonyl (C=O) groups excluding carboxylic acids is 1. The van der Waals surface area contributed by atoms with Gasteiger partial charge in [-0.2, -0.15) is 27.1 Å². The highest BCUT2D eigenvalue weighted by Gasteiger charge is 2.31. The van der Waals surface area contributed by atoms with E-state index in [1.54, 1.807) is 6.07 Å². The van der Waals surface area contributed by atoms with Gasteiger partial charge in [-0.1, -0.05) is 19.9 Å². The zero-order valence-electron chi connectivity index (χ0n) is 19.1. The summed E-state index contributed by atoms with van der Waals surface area (Å²) in [5, 5.41) is 6.93. The molecule has 188 valence electrons. The lowest BCUT2D eigenvalue weighted by molar-refractivity contribution is -0.137. The Morgan fingerprint density at radius 3 is 2.43 bits per heavy atom. The summed E-state index contributed by atoms with van der Waals surface area (Å²) in [6, 6.07) is 6.58. The first-order valence-electron chi connectivity index (χ1n) is 10.5. The summed E-state index contributed by atoms with van der Waals surface area (Å²) in [5.74, 6) is -0.410. The quantitative estimate of drug-likeness (QED) is 0.421. The maximum atomic E-state index is 12.8. The van der Waals surface area contributed by atoms with Crippen molar-refractivity contribution >= 4 is 5.91 Å². The average molecular weight is 498 g/mol. The number of hydrogen-bond acceptors (Lipinski definition) is 5. The molecular weight excluding hydrogens is 475 g/mol. The Balaban J connectivity index is 1.72. The summed E-state index contributed by atoms with van der Waals surface area (Å²) in [6.45, 7) is 0.883. The van der Waals surface area contributed by atoms with Gasteiger partial charge in [0, 0.05) is 12.7 Å². The largest absolute Gasteiger partial charge is 0.493 e. The van der Waals surface area contributed by atoms with Crippen molar-refractivity contribution in [3.05, 3.63) is 65.1 Å². The molecule has 12 heteroatoms. The fourth-order valence-corrected chi connectivity index (χ4v) is 3.43. The van der Waals surface area contributed by atoms with Crippen molar-refractivity contribution in [1.29, 1.82) is 0 Å². The maximum absolute atomic E-state index is 12.8. The number of carbonyl (C=O) groups is 1. The SMILES string of the molecule is COc1cc(CCNC(=O)c2cnn(-c3ccc(C(F)(F)F)cn3)c2C(C)C)ccc1OC(F)F. The number of benzene rings is 1. The van der Waals surface area contributed by atoms with Crippen LogP contribution in [-0.2, 0) is 12.6 Å². The Labute approximate surface area is 197 Å². The summed E-state index contributed by atoms with van der Waals surface area (Å²) in [5.41, 5.74) is 0.588. The third kappa shape index (κ3) is 6.25. The van der Waals surface area contributed by atoms with E-state index in [0.29, 0.717) is 18.3 Å². The summed E-state index contributed by atoms with van der Waals surface area (Å²) in [4.78, 5) is 16.7. The fourth-order valence-electron chi connectivity index (χ4n) is 3.43. The molecule has 3 aromatic rings. The van der Waals surface area contributed by atoms with Gasteiger partial charge in [-0.3, -0.25) is 4.79 Å². The molecule has 1 aromatic carbocycles. The number of ether oxygens (including phenoxy) is 2. The van der Waals surface area contributed by atoms with E-state index in [-0.39, 0.29) is 35.3 Å². The van der Waals surface area contributed by atoms with Gasteiger partial charge < -0.3 is 14.8 Å². The predicted molar refractivity (Wildman–Crippen MR) is 116 cm³/mol. The monoisotopic (exact) mass is 498 g/mol. The van der Waals surface area contributed by atoms with E-state index in [9.17, 15) is 26.7 Å². The Morgan fingerprint density at radius 2 is 1.86 bits per heavy atom. The minimum absolute atomic E-state index is 0.0962. The van der Waals surface area contributed by atoms with Crippen molar-refractivity contribution in [1.82, 2.24) is 20.1 Å². The van der Waals surface area contributed by atoms with Gasteiger partial charge in [0.05, 0.1) is 30.1 Å². The van der Waals surface area contributed by atoms with E-state index < -0.39 is 24.3 Å². The second kappa shape index (κ2) is 10.7. The lowest BCUT2D eigenvalue weighted by atomic mass is 10.1. The first-order chi connectivity index (χ1) is 16.5. The Morgan fingerprint density at radius 1 is 1.11 bits per heavy atom. The summed E-state index contributed by atoms with van der Waals surface area (Å²) in [6.07, 6.45) is -2.08. The summed E-state index contributed by atoms with van der Waals surface area (Å²) >= 11 is 0. The smallest absolute Gasteiger partial charge is 0.417 e. The van der Waals surface area contributed by atoms with Gasteiger partial charge in [0.1, 0.15) is 0 Å². The number of alkyl halides is 5. The molecule has 0 spiro atoms. The van der Waals surface area contributed by atoms with E-state index >= 15 is 0 Å². The van der Waals surface area contributed by atoms with Crippen LogP contribution in [0.15, 0.2) is 42.7 Å². The molecule has 2 aromatic heterocycles. The van der Waals surface area contributed by atoms with Crippen molar-refractivity contribution in [2.24, 2.45) is 0 Å². The first-order valence-corrected chi connectivity index (χ1v) is 10.5. The van der Waals surface area contributed by atoms with Crippen LogP contribution < -0.4 is 14.8 Å². The van der Waals surface area contributed by atoms with Crippen molar-refractivity contribution in [2.45, 2.75) is 39.0 Å². The van der Waals surface area contributed by atoms with Crippen molar-refractivity contribution < 1.29 is 36.2 Å². The second-order valence-corrected chi connectivity index (χ2v) is 7.78. The number of amides is 1. The fraction of sp³-hybridized carbons (Fsp3) is 0.348. The van der Waals surface area contributed by atoms with Crippen molar-refractivity contribution in [2.75, 3.05) is 13.7 Å². The molecule has 35 heavy (non-hydrogen) atoms. The normalized spacial score (nSPS) is 11.7. The molecule has 1 N–H and O–H groups in total. The molecule has 0 fully saturated rings. The van der Waals surface area contributed by atoms with Gasteiger partial charge in [0.2, 0.25) is 0 Å². The lowest BCUT2D eigenvalue weighted by Gasteiger charge is -2.14. The van der Waals surface area contributed by atoms with E-state index in [1.807, 2.05) is 13.8 Å². The van der Waals surface area contributed by atoms with Gasteiger partial charge in [-0.25, -0.2) is 9.67 Å². The topological polar surface area (TPSA) is 78.3 Å². The number of nitrogens with zero attached hydrogens (tertiary/aromatic N) is 3. The first kappa shape index (κ1) is 25.9. The number of methoxy groups -OCH3 is 1. The molecule has 7 nitrogen and oxygen atoms in total. The van der Waals surface area contributed by atoms with Gasteiger partial charge in [0.25, 0.3) is 5.91 Å². The Bertz CT molecular complexity index is 1160. The molecule has 2 heterocycles. The molecule has 0 aliphatic carbocycles. The molecule has 0 aliphatic heterocycles. The minimum Gasteiger partial charge on any atom is -0.493 e. The molecule has 0 radical (unpaired) electrons. The van der Waals surface area contributed by atoms with E-state index in [4.69, 9.17) is 4.74 Å². The van der Waals surface area contributed by atoms with Crippen LogP contribution in [0.3, 0.4) is 0 Å². The number of rotatable bonds is 9. The van der Waals surface area contributed by atoms with E-state index in [2.05, 4.69) is 20.1 Å². The predicted octanol–water partition coefficient (Wildman–Crippen LogP) is 4.99. The third-order valence-electron chi connectivity index (χ3n) is 5.03.